The van der Waals surface area contributed by atoms with Crippen LogP contribution in [0.5, 0.6) is 11.5 Å². The maximum atomic E-state index is 12.4. The molecule has 164 valence electrons. The van der Waals surface area contributed by atoms with E-state index >= 15 is 0 Å². The standard InChI is InChI=1S/C24H24N4O4/c1-15-11-17(12-18(13-25)21(15)29)22-27-24(32-28-22)23(30)26-14-16-7-9-20(10-8-16)31-19-5-3-2-4-6-19/h7-12,19,29H,2-6,14H2,1H3,(H,26,30). The molecule has 0 atom stereocenters. The van der Waals surface area contributed by atoms with Crippen molar-refractivity contribution < 1.29 is 19.2 Å². The molecule has 2 aromatic carbocycles. The van der Waals surface area contributed by atoms with Crippen molar-refractivity contribution in [1.82, 2.24) is 15.5 Å². The molecule has 8 heteroatoms. The normalized spacial score (nSPS) is 14.0. The molecule has 0 bridgehead atoms. The predicted octanol–water partition coefficient (Wildman–Crippen LogP) is 4.26. The molecule has 3 aromatic rings. The maximum Gasteiger partial charge on any atom is 0.316 e. The first-order valence-electron chi connectivity index (χ1n) is 10.6. The minimum atomic E-state index is -0.498. The lowest BCUT2D eigenvalue weighted by Gasteiger charge is -2.23. The van der Waals surface area contributed by atoms with Crippen LogP contribution in [0.3, 0.4) is 0 Å². The Bertz CT molecular complexity index is 1140. The highest BCUT2D eigenvalue weighted by Gasteiger charge is 2.18. The smallest absolute Gasteiger partial charge is 0.316 e. The van der Waals surface area contributed by atoms with E-state index in [9.17, 15) is 9.90 Å². The summed E-state index contributed by atoms with van der Waals surface area (Å²) < 4.78 is 11.1. The molecule has 1 aromatic heterocycles. The molecule has 2 N–H and O–H groups in total. The number of phenols is 1. The van der Waals surface area contributed by atoms with Gasteiger partial charge in [-0.15, -0.1) is 0 Å². The van der Waals surface area contributed by atoms with Gasteiger partial charge in [0.05, 0.1) is 11.7 Å². The van der Waals surface area contributed by atoms with Crippen molar-refractivity contribution in [3.63, 3.8) is 0 Å². The molecular weight excluding hydrogens is 408 g/mol. The lowest BCUT2D eigenvalue weighted by atomic mass is 9.98. The van der Waals surface area contributed by atoms with Crippen LogP contribution in [-0.4, -0.2) is 27.3 Å². The van der Waals surface area contributed by atoms with Crippen molar-refractivity contribution in [2.24, 2.45) is 0 Å². The molecule has 1 aliphatic rings. The third-order valence-corrected chi connectivity index (χ3v) is 5.53. The van der Waals surface area contributed by atoms with Crippen LogP contribution < -0.4 is 10.1 Å². The molecule has 0 unspecified atom stereocenters. The number of nitrogens with zero attached hydrogens (tertiary/aromatic N) is 3. The highest BCUT2D eigenvalue weighted by atomic mass is 16.5. The summed E-state index contributed by atoms with van der Waals surface area (Å²) in [5, 5.41) is 25.6. The monoisotopic (exact) mass is 432 g/mol. The van der Waals surface area contributed by atoms with Crippen LogP contribution in [0, 0.1) is 18.3 Å². The van der Waals surface area contributed by atoms with Crippen LogP contribution in [0.1, 0.15) is 59.5 Å². The fourth-order valence-electron chi connectivity index (χ4n) is 3.75. The first-order chi connectivity index (χ1) is 15.5. The quantitative estimate of drug-likeness (QED) is 0.597. The number of nitrogens with one attached hydrogen (secondary N) is 1. The molecule has 1 fully saturated rings. The number of aromatic nitrogens is 2. The molecule has 0 aliphatic heterocycles. The number of carbonyl (C=O) groups is 1. The average molecular weight is 432 g/mol. The van der Waals surface area contributed by atoms with Gasteiger partial charge in [-0.3, -0.25) is 4.79 Å². The molecule has 4 rings (SSSR count). The second-order valence-corrected chi connectivity index (χ2v) is 7.93. The largest absolute Gasteiger partial charge is 0.506 e. The van der Waals surface area contributed by atoms with Gasteiger partial charge in [-0.1, -0.05) is 23.7 Å². The zero-order valence-corrected chi connectivity index (χ0v) is 17.8. The van der Waals surface area contributed by atoms with Crippen molar-refractivity contribution in [2.45, 2.75) is 51.7 Å². The fraction of sp³-hybridized carbons (Fsp3) is 0.333. The number of benzene rings is 2. The Hall–Kier alpha value is -3.86. The number of nitriles is 1. The molecular formula is C24H24N4O4. The van der Waals surface area contributed by atoms with E-state index in [2.05, 4.69) is 15.5 Å². The Morgan fingerprint density at radius 1 is 1.25 bits per heavy atom. The summed E-state index contributed by atoms with van der Waals surface area (Å²) in [6.45, 7) is 1.97. The van der Waals surface area contributed by atoms with Gasteiger partial charge in [0.1, 0.15) is 17.6 Å². The zero-order chi connectivity index (χ0) is 22.5. The van der Waals surface area contributed by atoms with E-state index in [1.54, 1.807) is 13.0 Å². The van der Waals surface area contributed by atoms with Gasteiger partial charge in [-0.2, -0.15) is 10.2 Å². The number of amides is 1. The summed E-state index contributed by atoms with van der Waals surface area (Å²) in [5.41, 5.74) is 2.01. The molecule has 0 saturated heterocycles. The number of aromatic hydroxyl groups is 1. The molecule has 1 heterocycles. The van der Waals surface area contributed by atoms with E-state index < -0.39 is 5.91 Å². The van der Waals surface area contributed by atoms with E-state index in [0.29, 0.717) is 23.8 Å². The lowest BCUT2D eigenvalue weighted by molar-refractivity contribution is 0.0907. The Balaban J connectivity index is 1.35. The van der Waals surface area contributed by atoms with Gasteiger partial charge in [0.2, 0.25) is 5.82 Å². The average Bonchev–Trinajstić information content (AvgIpc) is 3.31. The van der Waals surface area contributed by atoms with Gasteiger partial charge < -0.3 is 19.7 Å². The Kier molecular flexibility index (Phi) is 6.36. The first-order valence-corrected chi connectivity index (χ1v) is 10.6. The number of ether oxygens (including phenoxy) is 1. The van der Waals surface area contributed by atoms with Crippen molar-refractivity contribution in [2.75, 3.05) is 0 Å². The summed E-state index contributed by atoms with van der Waals surface area (Å²) in [6.07, 6.45) is 6.23. The molecule has 1 amide bonds. The minimum Gasteiger partial charge on any atom is -0.506 e. The number of aryl methyl sites for hydroxylation is 1. The molecule has 32 heavy (non-hydrogen) atoms. The predicted molar refractivity (Wildman–Crippen MR) is 116 cm³/mol. The van der Waals surface area contributed by atoms with Gasteiger partial charge in [0, 0.05) is 12.1 Å². The van der Waals surface area contributed by atoms with E-state index in [4.69, 9.17) is 14.5 Å². The summed E-state index contributed by atoms with van der Waals surface area (Å²) in [7, 11) is 0. The van der Waals surface area contributed by atoms with Crippen LogP contribution in [0.2, 0.25) is 0 Å². The van der Waals surface area contributed by atoms with Crippen molar-refractivity contribution in [1.29, 1.82) is 5.26 Å². The third-order valence-electron chi connectivity index (χ3n) is 5.53. The van der Waals surface area contributed by atoms with E-state index in [1.807, 2.05) is 30.3 Å². The second-order valence-electron chi connectivity index (χ2n) is 7.93. The van der Waals surface area contributed by atoms with Crippen LogP contribution in [0.15, 0.2) is 40.9 Å². The maximum absolute atomic E-state index is 12.4. The second kappa shape index (κ2) is 9.52. The minimum absolute atomic E-state index is 0.0899. The number of hydrogen-bond donors (Lipinski definition) is 2. The summed E-state index contributed by atoms with van der Waals surface area (Å²) in [5.74, 6) is 0.241. The van der Waals surface area contributed by atoms with Crippen LogP contribution >= 0.6 is 0 Å². The Morgan fingerprint density at radius 3 is 2.72 bits per heavy atom. The fourth-order valence-corrected chi connectivity index (χ4v) is 3.75. The van der Waals surface area contributed by atoms with Crippen molar-refractivity contribution in [3.05, 3.63) is 59.0 Å². The molecule has 1 aliphatic carbocycles. The highest BCUT2D eigenvalue weighted by molar-refractivity contribution is 5.89. The Labute approximate surface area is 185 Å². The third kappa shape index (κ3) is 4.89. The molecule has 0 radical (unpaired) electrons. The van der Waals surface area contributed by atoms with Gasteiger partial charge in [-0.05, 0) is 68.0 Å². The zero-order valence-electron chi connectivity index (χ0n) is 17.8. The van der Waals surface area contributed by atoms with Gasteiger partial charge in [0.25, 0.3) is 0 Å². The van der Waals surface area contributed by atoms with Gasteiger partial charge in [0.15, 0.2) is 0 Å². The van der Waals surface area contributed by atoms with Crippen LogP contribution in [0.4, 0.5) is 0 Å². The van der Waals surface area contributed by atoms with Crippen molar-refractivity contribution in [3.8, 4) is 29.0 Å². The van der Waals surface area contributed by atoms with Crippen molar-refractivity contribution >= 4 is 5.91 Å². The molecule has 1 saturated carbocycles. The van der Waals surface area contributed by atoms with Gasteiger partial charge >= 0.3 is 11.8 Å². The summed E-state index contributed by atoms with van der Waals surface area (Å²) >= 11 is 0. The van der Waals surface area contributed by atoms with E-state index in [-0.39, 0.29) is 23.0 Å². The summed E-state index contributed by atoms with van der Waals surface area (Å²) in [4.78, 5) is 16.5. The highest BCUT2D eigenvalue weighted by Crippen LogP contribution is 2.28. The van der Waals surface area contributed by atoms with Crippen LogP contribution in [-0.2, 0) is 6.54 Å². The molecule has 8 nitrogen and oxygen atoms in total. The number of rotatable bonds is 6. The molecule has 0 spiro atoms. The van der Waals surface area contributed by atoms with E-state index in [0.717, 1.165) is 24.2 Å². The number of hydrogen-bond acceptors (Lipinski definition) is 7. The Morgan fingerprint density at radius 2 is 2.00 bits per heavy atom. The number of phenolic OH excluding ortho intramolecular Hbond substituents is 1. The summed E-state index contributed by atoms with van der Waals surface area (Å²) in [6, 6.07) is 12.7. The van der Waals surface area contributed by atoms with Crippen LogP contribution in [0.25, 0.3) is 11.4 Å². The van der Waals surface area contributed by atoms with E-state index in [1.165, 1.54) is 25.3 Å². The van der Waals surface area contributed by atoms with Gasteiger partial charge in [-0.25, -0.2) is 0 Å². The lowest BCUT2D eigenvalue weighted by Crippen LogP contribution is -2.23. The topological polar surface area (TPSA) is 121 Å². The first kappa shape index (κ1) is 21.4. The number of carbonyl (C=O) groups excluding carboxylic acids is 1. The SMILES string of the molecule is Cc1cc(-c2noc(C(=O)NCc3ccc(OC4CCCCC4)cc3)n2)cc(C#N)c1O.